The Balaban J connectivity index is 1.40. The molecule has 3 heterocycles. The fraction of sp³-hybridized carbons (Fsp3) is 0.565. The highest BCUT2D eigenvalue weighted by atomic mass is 16.5. The number of anilines is 1. The van der Waals surface area contributed by atoms with Gasteiger partial charge in [-0.1, -0.05) is 6.07 Å². The summed E-state index contributed by atoms with van der Waals surface area (Å²) in [7, 11) is 4.01. The molecule has 0 aromatic heterocycles. The average molecular weight is 443 g/mol. The van der Waals surface area contributed by atoms with E-state index in [0.717, 1.165) is 37.3 Å². The Hall–Kier alpha value is -2.78. The van der Waals surface area contributed by atoms with Crippen LogP contribution in [-0.2, 0) is 14.3 Å². The van der Waals surface area contributed by atoms with Gasteiger partial charge in [0.05, 0.1) is 22.9 Å². The highest BCUT2D eigenvalue weighted by molar-refractivity contribution is 6.25. The van der Waals surface area contributed by atoms with E-state index < -0.39 is 23.8 Å². The summed E-state index contributed by atoms with van der Waals surface area (Å²) < 4.78 is 6.01. The number of hydrogen-bond acceptors (Lipinski definition) is 7. The Labute approximate surface area is 187 Å². The summed E-state index contributed by atoms with van der Waals surface area (Å²) >= 11 is 0. The molecule has 3 aliphatic heterocycles. The Morgan fingerprint density at radius 3 is 2.56 bits per heavy atom. The van der Waals surface area contributed by atoms with Crippen molar-refractivity contribution in [2.45, 2.75) is 44.2 Å². The maximum absolute atomic E-state index is 13.2. The van der Waals surface area contributed by atoms with E-state index in [1.54, 1.807) is 12.1 Å². The zero-order valence-corrected chi connectivity index (χ0v) is 18.6. The first-order valence-electron chi connectivity index (χ1n) is 11.2. The van der Waals surface area contributed by atoms with Gasteiger partial charge in [0.15, 0.2) is 0 Å². The predicted molar refractivity (Wildman–Crippen MR) is 117 cm³/mol. The summed E-state index contributed by atoms with van der Waals surface area (Å²) in [4.78, 5) is 55.2. The first kappa shape index (κ1) is 22.4. The van der Waals surface area contributed by atoms with Crippen LogP contribution in [0.5, 0.6) is 0 Å². The molecule has 1 aromatic carbocycles. The van der Waals surface area contributed by atoms with E-state index in [4.69, 9.17) is 4.74 Å². The van der Waals surface area contributed by atoms with Crippen LogP contribution in [0.2, 0.25) is 0 Å². The molecule has 4 amide bonds. The van der Waals surface area contributed by atoms with Gasteiger partial charge in [0.1, 0.15) is 6.04 Å². The number of carbonyl (C=O) groups is 4. The Morgan fingerprint density at radius 2 is 1.84 bits per heavy atom. The molecule has 2 fully saturated rings. The first-order valence-corrected chi connectivity index (χ1v) is 11.2. The van der Waals surface area contributed by atoms with E-state index in [9.17, 15) is 19.2 Å². The van der Waals surface area contributed by atoms with Crippen molar-refractivity contribution < 1.29 is 23.9 Å². The number of benzene rings is 1. The second-order valence-electron chi connectivity index (χ2n) is 8.80. The van der Waals surface area contributed by atoms with Crippen LogP contribution in [-0.4, -0.2) is 85.9 Å². The molecular weight excluding hydrogens is 412 g/mol. The topological polar surface area (TPSA) is 99.3 Å². The number of nitrogens with zero attached hydrogens (tertiary/aromatic N) is 3. The van der Waals surface area contributed by atoms with Crippen LogP contribution in [0.3, 0.4) is 0 Å². The van der Waals surface area contributed by atoms with Crippen molar-refractivity contribution in [3.8, 4) is 0 Å². The second-order valence-corrected chi connectivity index (χ2v) is 8.80. The third-order valence-corrected chi connectivity index (χ3v) is 6.51. The van der Waals surface area contributed by atoms with Crippen LogP contribution in [0, 0.1) is 0 Å². The van der Waals surface area contributed by atoms with Gasteiger partial charge in [0, 0.05) is 39.7 Å². The van der Waals surface area contributed by atoms with Gasteiger partial charge in [-0.2, -0.15) is 0 Å². The summed E-state index contributed by atoms with van der Waals surface area (Å²) in [5, 5.41) is 2.22. The molecule has 2 saturated heterocycles. The van der Waals surface area contributed by atoms with E-state index in [0.29, 0.717) is 36.1 Å². The van der Waals surface area contributed by atoms with Crippen molar-refractivity contribution >= 4 is 29.3 Å². The monoisotopic (exact) mass is 442 g/mol. The summed E-state index contributed by atoms with van der Waals surface area (Å²) in [5.74, 6) is -1.95. The SMILES string of the molecule is CN1CCC(OCCCN(C)c2cccc3c2C(=O)N(C2CCC(=O)NC2=O)C3=O)CC1. The Morgan fingerprint density at radius 1 is 1.09 bits per heavy atom. The molecule has 32 heavy (non-hydrogen) atoms. The van der Waals surface area contributed by atoms with Crippen molar-refractivity contribution in [1.82, 2.24) is 15.1 Å². The number of amides is 4. The van der Waals surface area contributed by atoms with Crippen LogP contribution in [0.25, 0.3) is 0 Å². The van der Waals surface area contributed by atoms with Gasteiger partial charge in [-0.3, -0.25) is 29.4 Å². The quantitative estimate of drug-likeness (QED) is 0.497. The summed E-state index contributed by atoms with van der Waals surface area (Å²) in [6, 6.07) is 4.22. The lowest BCUT2D eigenvalue weighted by Crippen LogP contribution is -2.54. The molecule has 4 rings (SSSR count). The van der Waals surface area contributed by atoms with E-state index in [1.165, 1.54) is 0 Å². The Bertz CT molecular complexity index is 925. The number of likely N-dealkylation sites (tertiary alicyclic amines) is 1. The molecular formula is C23H30N4O5. The molecule has 1 unspecified atom stereocenters. The molecule has 1 aromatic rings. The molecule has 9 nitrogen and oxygen atoms in total. The number of piperidine rings is 2. The lowest BCUT2D eigenvalue weighted by Gasteiger charge is -2.29. The number of carbonyl (C=O) groups excluding carboxylic acids is 4. The van der Waals surface area contributed by atoms with Crippen LogP contribution in [0.1, 0.15) is 52.8 Å². The standard InChI is InChI=1S/C23H30N4O5/c1-25-12-9-15(10-13-25)32-14-4-11-26(2)17-6-3-5-16-20(17)23(31)27(22(16)30)18-7-8-19(28)24-21(18)29/h3,5-6,15,18H,4,7-14H2,1-2H3,(H,24,28,29). The van der Waals surface area contributed by atoms with Crippen molar-refractivity contribution in [3.05, 3.63) is 29.3 Å². The second kappa shape index (κ2) is 9.38. The predicted octanol–water partition coefficient (Wildman–Crippen LogP) is 1.02. The zero-order chi connectivity index (χ0) is 22.8. The number of ether oxygens (including phenoxy) is 1. The molecule has 0 saturated carbocycles. The van der Waals surface area contributed by atoms with Gasteiger partial charge >= 0.3 is 0 Å². The van der Waals surface area contributed by atoms with Crippen molar-refractivity contribution in [1.29, 1.82) is 0 Å². The van der Waals surface area contributed by atoms with E-state index in [2.05, 4.69) is 17.3 Å². The largest absolute Gasteiger partial charge is 0.378 e. The minimum Gasteiger partial charge on any atom is -0.378 e. The smallest absolute Gasteiger partial charge is 0.264 e. The molecule has 172 valence electrons. The number of nitrogens with one attached hydrogen (secondary N) is 1. The zero-order valence-electron chi connectivity index (χ0n) is 18.6. The van der Waals surface area contributed by atoms with E-state index in [-0.39, 0.29) is 18.7 Å². The molecule has 0 spiro atoms. The minimum absolute atomic E-state index is 0.105. The summed E-state index contributed by atoms with van der Waals surface area (Å²) in [6.45, 7) is 3.42. The first-order chi connectivity index (χ1) is 15.4. The molecule has 0 aliphatic carbocycles. The normalized spacial score (nSPS) is 22.3. The van der Waals surface area contributed by atoms with Gasteiger partial charge < -0.3 is 14.5 Å². The lowest BCUT2D eigenvalue weighted by molar-refractivity contribution is -0.136. The van der Waals surface area contributed by atoms with E-state index >= 15 is 0 Å². The number of imide groups is 2. The van der Waals surface area contributed by atoms with Gasteiger partial charge in [-0.05, 0) is 44.9 Å². The lowest BCUT2D eigenvalue weighted by atomic mass is 10.0. The van der Waals surface area contributed by atoms with Crippen molar-refractivity contribution in [2.24, 2.45) is 0 Å². The van der Waals surface area contributed by atoms with E-state index in [1.807, 2.05) is 18.0 Å². The third-order valence-electron chi connectivity index (χ3n) is 6.51. The summed E-state index contributed by atoms with van der Waals surface area (Å²) in [5.41, 5.74) is 1.28. The molecule has 3 aliphatic rings. The minimum atomic E-state index is -0.957. The third kappa shape index (κ3) is 4.40. The van der Waals surface area contributed by atoms with Gasteiger partial charge in [-0.25, -0.2) is 0 Å². The van der Waals surface area contributed by atoms with Crippen LogP contribution < -0.4 is 10.2 Å². The maximum atomic E-state index is 13.2. The molecule has 1 atom stereocenters. The fourth-order valence-corrected chi connectivity index (χ4v) is 4.64. The van der Waals surface area contributed by atoms with Crippen molar-refractivity contribution in [3.63, 3.8) is 0 Å². The maximum Gasteiger partial charge on any atom is 0.264 e. The average Bonchev–Trinajstić information content (AvgIpc) is 3.03. The number of fused-ring (bicyclic) bond motifs is 1. The number of rotatable bonds is 7. The summed E-state index contributed by atoms with van der Waals surface area (Å²) in [6.07, 6.45) is 3.45. The van der Waals surface area contributed by atoms with Crippen LogP contribution in [0.4, 0.5) is 5.69 Å². The highest BCUT2D eigenvalue weighted by Crippen LogP contribution is 2.33. The Kier molecular flexibility index (Phi) is 6.57. The molecule has 9 heteroatoms. The molecule has 1 N–H and O–H groups in total. The van der Waals surface area contributed by atoms with Gasteiger partial charge in [0.2, 0.25) is 11.8 Å². The van der Waals surface area contributed by atoms with Gasteiger partial charge in [-0.15, -0.1) is 0 Å². The molecule has 0 radical (unpaired) electrons. The highest BCUT2D eigenvalue weighted by Gasteiger charge is 2.45. The molecule has 0 bridgehead atoms. The fourth-order valence-electron chi connectivity index (χ4n) is 4.64. The number of hydrogen-bond donors (Lipinski definition) is 1. The van der Waals surface area contributed by atoms with Gasteiger partial charge in [0.25, 0.3) is 11.8 Å². The van der Waals surface area contributed by atoms with Crippen LogP contribution in [0.15, 0.2) is 18.2 Å². The van der Waals surface area contributed by atoms with Crippen molar-refractivity contribution in [2.75, 3.05) is 45.2 Å². The van der Waals surface area contributed by atoms with Crippen LogP contribution >= 0.6 is 0 Å².